The highest BCUT2D eigenvalue weighted by atomic mass is 79.9. The summed E-state index contributed by atoms with van der Waals surface area (Å²) in [6.07, 6.45) is 0.978. The Morgan fingerprint density at radius 1 is 1.21 bits per heavy atom. The first kappa shape index (κ1) is 20.7. The number of H-pyrrole nitrogens is 1. The highest BCUT2D eigenvalue weighted by Crippen LogP contribution is 2.21. The van der Waals surface area contributed by atoms with Gasteiger partial charge in [-0.05, 0) is 48.9 Å². The van der Waals surface area contributed by atoms with Gasteiger partial charge in [0, 0.05) is 14.5 Å². The van der Waals surface area contributed by atoms with Crippen molar-refractivity contribution in [3.63, 3.8) is 0 Å². The van der Waals surface area contributed by atoms with Crippen LogP contribution >= 0.6 is 31.9 Å². The van der Waals surface area contributed by atoms with Gasteiger partial charge in [0.05, 0.1) is 11.9 Å². The van der Waals surface area contributed by atoms with E-state index in [1.807, 2.05) is 6.92 Å². The molecule has 1 aromatic heterocycles. The maximum absolute atomic E-state index is 12.2. The summed E-state index contributed by atoms with van der Waals surface area (Å²) in [7, 11) is 0. The van der Waals surface area contributed by atoms with Gasteiger partial charge in [-0.25, -0.2) is 14.8 Å². The lowest BCUT2D eigenvalue weighted by atomic mass is 10.2. The van der Waals surface area contributed by atoms with Crippen molar-refractivity contribution in [2.75, 3.05) is 0 Å². The van der Waals surface area contributed by atoms with Gasteiger partial charge < -0.3 is 5.11 Å². The number of halogens is 2. The zero-order valence-corrected chi connectivity index (χ0v) is 18.1. The number of hydrogen-bond acceptors (Lipinski definition) is 5. The first-order valence-corrected chi connectivity index (χ1v) is 9.80. The summed E-state index contributed by atoms with van der Waals surface area (Å²) in [5.41, 5.74) is 1.90. The molecule has 0 saturated carbocycles. The molecule has 0 unspecified atom stereocenters. The van der Waals surface area contributed by atoms with Crippen molar-refractivity contribution in [1.29, 1.82) is 0 Å². The minimum absolute atomic E-state index is 0.278. The number of carbonyl (C=O) groups excluding carboxylic acids is 1. The third-order valence-electron chi connectivity index (χ3n) is 3.97. The molecule has 29 heavy (non-hydrogen) atoms. The normalized spacial score (nSPS) is 11.0. The number of amides is 1. The van der Waals surface area contributed by atoms with E-state index in [0.717, 1.165) is 25.3 Å². The molecule has 148 valence electrons. The van der Waals surface area contributed by atoms with Gasteiger partial charge in [-0.15, -0.1) is 0 Å². The highest BCUT2D eigenvalue weighted by Gasteiger charge is 2.15. The molecular formula is C19H14Br2N4O4. The lowest BCUT2D eigenvalue weighted by Gasteiger charge is -2.11. The van der Waals surface area contributed by atoms with Crippen LogP contribution in [0.2, 0.25) is 0 Å². The predicted octanol–water partition coefficient (Wildman–Crippen LogP) is 2.83. The van der Waals surface area contributed by atoms with Crippen molar-refractivity contribution < 1.29 is 9.90 Å². The van der Waals surface area contributed by atoms with E-state index in [4.69, 9.17) is 0 Å². The van der Waals surface area contributed by atoms with E-state index < -0.39 is 23.0 Å². The van der Waals surface area contributed by atoms with Gasteiger partial charge in [0.25, 0.3) is 11.5 Å². The smallest absolute Gasteiger partial charge is 0.335 e. The largest absolute Gasteiger partial charge is 0.493 e. The number of aryl methyl sites for hydroxylation is 1. The number of carbonyl (C=O) groups is 1. The minimum Gasteiger partial charge on any atom is -0.493 e. The fourth-order valence-electron chi connectivity index (χ4n) is 2.51. The molecule has 3 N–H and O–H groups in total. The molecule has 0 atom stereocenters. The van der Waals surface area contributed by atoms with Gasteiger partial charge in [0.1, 0.15) is 5.56 Å². The van der Waals surface area contributed by atoms with Crippen molar-refractivity contribution in [2.45, 2.75) is 6.92 Å². The van der Waals surface area contributed by atoms with Crippen molar-refractivity contribution in [1.82, 2.24) is 15.0 Å². The van der Waals surface area contributed by atoms with Crippen LogP contribution < -0.4 is 16.7 Å². The van der Waals surface area contributed by atoms with Gasteiger partial charge in [-0.2, -0.15) is 5.10 Å². The first-order valence-electron chi connectivity index (χ1n) is 8.21. The monoisotopic (exact) mass is 520 g/mol. The van der Waals surface area contributed by atoms with Crippen LogP contribution in [0.3, 0.4) is 0 Å². The maximum atomic E-state index is 12.2. The van der Waals surface area contributed by atoms with E-state index in [1.165, 1.54) is 0 Å². The van der Waals surface area contributed by atoms with E-state index in [-0.39, 0.29) is 5.56 Å². The van der Waals surface area contributed by atoms with Crippen LogP contribution in [0.25, 0.3) is 5.69 Å². The van der Waals surface area contributed by atoms with Crippen molar-refractivity contribution in [3.05, 3.63) is 88.9 Å². The van der Waals surface area contributed by atoms with Crippen molar-refractivity contribution >= 4 is 44.0 Å². The summed E-state index contributed by atoms with van der Waals surface area (Å²) in [5, 5.41) is 14.2. The summed E-state index contributed by atoms with van der Waals surface area (Å²) in [6.45, 7) is 1.82. The van der Waals surface area contributed by atoms with E-state index in [0.29, 0.717) is 11.3 Å². The topological polar surface area (TPSA) is 117 Å². The molecule has 0 aliphatic carbocycles. The summed E-state index contributed by atoms with van der Waals surface area (Å²) >= 11 is 6.63. The molecule has 0 radical (unpaired) electrons. The Hall–Kier alpha value is -2.98. The van der Waals surface area contributed by atoms with Crippen LogP contribution in [-0.2, 0) is 0 Å². The maximum Gasteiger partial charge on any atom is 0.335 e. The lowest BCUT2D eigenvalue weighted by Crippen LogP contribution is -2.31. The highest BCUT2D eigenvalue weighted by molar-refractivity contribution is 9.10. The second kappa shape index (κ2) is 8.58. The Morgan fingerprint density at radius 2 is 1.97 bits per heavy atom. The lowest BCUT2D eigenvalue weighted by molar-refractivity contribution is 0.0955. The number of aromatic amines is 1. The Morgan fingerprint density at radius 3 is 2.66 bits per heavy atom. The molecule has 0 saturated heterocycles. The van der Waals surface area contributed by atoms with Gasteiger partial charge in [0.2, 0.25) is 5.88 Å². The Labute approximate surface area is 181 Å². The van der Waals surface area contributed by atoms with Gasteiger partial charge in [-0.3, -0.25) is 14.6 Å². The Kier molecular flexibility index (Phi) is 6.14. The average Bonchev–Trinajstić information content (AvgIpc) is 2.66. The molecule has 0 aliphatic rings. The number of benzene rings is 2. The molecule has 1 heterocycles. The van der Waals surface area contributed by atoms with E-state index in [2.05, 4.69) is 47.4 Å². The standard InChI is InChI=1S/C19H14Br2N4O4/c1-10-7-13(5-6-15(10)21)25-18(28)14(17(27)23-19(25)29)9-22-24-16(26)11-3-2-4-12(20)8-11/h2-9,28H,1H3,(H,24,26)(H,23,27,29). The summed E-state index contributed by atoms with van der Waals surface area (Å²) < 4.78 is 2.49. The average molecular weight is 522 g/mol. The number of aromatic hydroxyl groups is 1. The van der Waals surface area contributed by atoms with Gasteiger partial charge in [-0.1, -0.05) is 37.9 Å². The third-order valence-corrected chi connectivity index (χ3v) is 5.35. The molecule has 0 bridgehead atoms. The fourth-order valence-corrected chi connectivity index (χ4v) is 3.16. The van der Waals surface area contributed by atoms with Crippen LogP contribution in [0.4, 0.5) is 0 Å². The van der Waals surface area contributed by atoms with Gasteiger partial charge >= 0.3 is 5.69 Å². The van der Waals surface area contributed by atoms with Crippen LogP contribution in [0.15, 0.2) is 66.1 Å². The molecule has 0 spiro atoms. The van der Waals surface area contributed by atoms with E-state index in [1.54, 1.807) is 42.5 Å². The molecule has 2 aromatic carbocycles. The fraction of sp³-hybridized carbons (Fsp3) is 0.0526. The van der Waals surface area contributed by atoms with Crippen LogP contribution in [0.5, 0.6) is 5.88 Å². The number of hydrogen-bond donors (Lipinski definition) is 3. The Bertz CT molecular complexity index is 1250. The quantitative estimate of drug-likeness (QED) is 0.361. The van der Waals surface area contributed by atoms with Crippen LogP contribution in [0, 0.1) is 6.92 Å². The zero-order chi connectivity index (χ0) is 21.1. The molecular weight excluding hydrogens is 508 g/mol. The van der Waals surface area contributed by atoms with E-state index in [9.17, 15) is 19.5 Å². The summed E-state index contributed by atoms with van der Waals surface area (Å²) in [6, 6.07) is 11.6. The van der Waals surface area contributed by atoms with Crippen molar-refractivity contribution in [3.8, 4) is 11.6 Å². The molecule has 8 nitrogen and oxygen atoms in total. The Balaban J connectivity index is 1.94. The summed E-state index contributed by atoms with van der Waals surface area (Å²) in [5.74, 6) is -1.10. The number of nitrogens with zero attached hydrogens (tertiary/aromatic N) is 2. The van der Waals surface area contributed by atoms with Gasteiger partial charge in [0.15, 0.2) is 0 Å². The SMILES string of the molecule is Cc1cc(-n2c(O)c(C=NNC(=O)c3cccc(Br)c3)c(=O)[nH]c2=O)ccc1Br. The summed E-state index contributed by atoms with van der Waals surface area (Å²) in [4.78, 5) is 38.6. The predicted molar refractivity (Wildman–Crippen MR) is 116 cm³/mol. The number of hydrazone groups is 1. The number of rotatable bonds is 4. The molecule has 10 heteroatoms. The zero-order valence-electron chi connectivity index (χ0n) is 14.9. The van der Waals surface area contributed by atoms with Crippen molar-refractivity contribution in [2.24, 2.45) is 5.10 Å². The van der Waals surface area contributed by atoms with Crippen LogP contribution in [-0.4, -0.2) is 26.8 Å². The third kappa shape index (κ3) is 4.54. The van der Waals surface area contributed by atoms with Crippen LogP contribution in [0.1, 0.15) is 21.5 Å². The molecule has 1 amide bonds. The second-order valence-corrected chi connectivity index (χ2v) is 7.74. The molecule has 0 aliphatic heterocycles. The molecule has 3 aromatic rings. The second-order valence-electron chi connectivity index (χ2n) is 5.97. The molecule has 0 fully saturated rings. The molecule has 3 rings (SSSR count). The first-order chi connectivity index (χ1) is 13.8. The minimum atomic E-state index is -0.835. The number of aromatic nitrogens is 2. The number of nitrogens with one attached hydrogen (secondary N) is 2. The van der Waals surface area contributed by atoms with E-state index >= 15 is 0 Å².